The van der Waals surface area contributed by atoms with Crippen LogP contribution < -0.4 is 0 Å². The van der Waals surface area contributed by atoms with Crippen LogP contribution in [0.4, 0.5) is 4.39 Å². The average Bonchev–Trinajstić information content (AvgIpc) is 2.38. The molecule has 18 heavy (non-hydrogen) atoms. The maximum Gasteiger partial charge on any atom is 0.306 e. The predicted octanol–water partition coefficient (Wildman–Crippen LogP) is 2.97. The van der Waals surface area contributed by atoms with E-state index in [0.29, 0.717) is 24.0 Å². The highest BCUT2D eigenvalue weighted by Crippen LogP contribution is 2.18. The molecule has 0 aliphatic rings. The van der Waals surface area contributed by atoms with Crippen molar-refractivity contribution in [3.63, 3.8) is 0 Å². The minimum Gasteiger partial charge on any atom is -0.469 e. The summed E-state index contributed by atoms with van der Waals surface area (Å²) in [6, 6.07) is 4.95. The van der Waals surface area contributed by atoms with E-state index >= 15 is 0 Å². The van der Waals surface area contributed by atoms with E-state index in [1.54, 1.807) is 12.1 Å². The van der Waals surface area contributed by atoms with Crippen molar-refractivity contribution in [2.24, 2.45) is 0 Å². The van der Waals surface area contributed by atoms with E-state index in [0.717, 1.165) is 12.1 Å². The number of hydrogen-bond donors (Lipinski definition) is 0. The van der Waals surface area contributed by atoms with Crippen LogP contribution >= 0.6 is 15.9 Å². The molecule has 1 aromatic carbocycles. The molecule has 0 spiro atoms. The predicted molar refractivity (Wildman–Crippen MR) is 71.7 cm³/mol. The second kappa shape index (κ2) is 7.48. The first-order chi connectivity index (χ1) is 8.56. The van der Waals surface area contributed by atoms with Crippen LogP contribution in [0.15, 0.2) is 22.7 Å². The van der Waals surface area contributed by atoms with Gasteiger partial charge in [-0.2, -0.15) is 0 Å². The van der Waals surface area contributed by atoms with Gasteiger partial charge >= 0.3 is 5.97 Å². The summed E-state index contributed by atoms with van der Waals surface area (Å²) in [6.07, 6.45) is 0.368. The van der Waals surface area contributed by atoms with Crippen molar-refractivity contribution < 1.29 is 13.9 Å². The first-order valence-electron chi connectivity index (χ1n) is 5.80. The molecule has 0 saturated carbocycles. The number of ether oxygens (including phenoxy) is 1. The lowest BCUT2D eigenvalue weighted by Gasteiger charge is -2.19. The van der Waals surface area contributed by atoms with Crippen LogP contribution in [-0.4, -0.2) is 31.1 Å². The SMILES string of the molecule is CCN(CCC(=O)OC)Cc1ccc(F)c(Br)c1. The molecule has 0 aliphatic carbocycles. The Morgan fingerprint density at radius 2 is 2.22 bits per heavy atom. The normalized spacial score (nSPS) is 10.7. The van der Waals surface area contributed by atoms with E-state index in [1.165, 1.54) is 13.2 Å². The number of benzene rings is 1. The Morgan fingerprint density at radius 1 is 1.50 bits per heavy atom. The Hall–Kier alpha value is -0.940. The lowest BCUT2D eigenvalue weighted by Crippen LogP contribution is -2.26. The smallest absolute Gasteiger partial charge is 0.306 e. The maximum atomic E-state index is 13.1. The second-order valence-corrected chi connectivity index (χ2v) is 4.80. The van der Waals surface area contributed by atoms with Crippen LogP contribution in [0.3, 0.4) is 0 Å². The van der Waals surface area contributed by atoms with Gasteiger partial charge in [-0.25, -0.2) is 4.39 Å². The molecule has 0 atom stereocenters. The summed E-state index contributed by atoms with van der Waals surface area (Å²) in [5.41, 5.74) is 1.01. The highest BCUT2D eigenvalue weighted by Gasteiger charge is 2.08. The van der Waals surface area contributed by atoms with Crippen molar-refractivity contribution in [3.05, 3.63) is 34.1 Å². The fraction of sp³-hybridized carbons (Fsp3) is 0.462. The van der Waals surface area contributed by atoms with Gasteiger partial charge in [-0.1, -0.05) is 13.0 Å². The number of hydrogen-bond acceptors (Lipinski definition) is 3. The lowest BCUT2D eigenvalue weighted by atomic mass is 10.2. The zero-order valence-corrected chi connectivity index (χ0v) is 12.2. The van der Waals surface area contributed by atoms with Gasteiger partial charge in [0.15, 0.2) is 0 Å². The largest absolute Gasteiger partial charge is 0.469 e. The molecule has 0 heterocycles. The van der Waals surface area contributed by atoms with Gasteiger partial charge < -0.3 is 4.74 Å². The molecule has 3 nitrogen and oxygen atoms in total. The Kier molecular flexibility index (Phi) is 6.29. The monoisotopic (exact) mass is 317 g/mol. The number of halogens is 2. The van der Waals surface area contributed by atoms with Crippen LogP contribution in [0.2, 0.25) is 0 Å². The third-order valence-corrected chi connectivity index (χ3v) is 3.30. The zero-order valence-electron chi connectivity index (χ0n) is 10.6. The third kappa shape index (κ3) is 4.74. The molecule has 0 saturated heterocycles. The molecule has 0 unspecified atom stereocenters. The molecule has 1 aromatic rings. The first-order valence-corrected chi connectivity index (χ1v) is 6.59. The molecule has 0 aromatic heterocycles. The van der Waals surface area contributed by atoms with Gasteiger partial charge in [0.2, 0.25) is 0 Å². The molecule has 0 aliphatic heterocycles. The highest BCUT2D eigenvalue weighted by atomic mass is 79.9. The summed E-state index contributed by atoms with van der Waals surface area (Å²) < 4.78 is 18.2. The summed E-state index contributed by atoms with van der Waals surface area (Å²) in [4.78, 5) is 13.2. The van der Waals surface area contributed by atoms with Gasteiger partial charge in [-0.3, -0.25) is 9.69 Å². The first kappa shape index (κ1) is 15.1. The standard InChI is InChI=1S/C13H17BrFNO2/c1-3-16(7-6-13(17)18-2)9-10-4-5-12(15)11(14)8-10/h4-5,8H,3,6-7,9H2,1-2H3. The Labute approximate surface area is 115 Å². The second-order valence-electron chi connectivity index (χ2n) is 3.94. The molecule has 1 rings (SSSR count). The Morgan fingerprint density at radius 3 is 2.78 bits per heavy atom. The van der Waals surface area contributed by atoms with Gasteiger partial charge in [0.05, 0.1) is 18.0 Å². The van der Waals surface area contributed by atoms with Crippen molar-refractivity contribution in [2.45, 2.75) is 19.9 Å². The number of esters is 1. The summed E-state index contributed by atoms with van der Waals surface area (Å²) >= 11 is 3.16. The van der Waals surface area contributed by atoms with E-state index in [1.807, 2.05) is 6.92 Å². The van der Waals surface area contributed by atoms with Gasteiger partial charge in [-0.15, -0.1) is 0 Å². The fourth-order valence-corrected chi connectivity index (χ4v) is 2.02. The third-order valence-electron chi connectivity index (χ3n) is 2.70. The molecule has 0 bridgehead atoms. The van der Waals surface area contributed by atoms with E-state index in [-0.39, 0.29) is 11.8 Å². The summed E-state index contributed by atoms with van der Waals surface area (Å²) in [5.74, 6) is -0.481. The van der Waals surface area contributed by atoms with E-state index in [9.17, 15) is 9.18 Å². The van der Waals surface area contributed by atoms with Crippen molar-refractivity contribution in [1.82, 2.24) is 4.90 Å². The van der Waals surface area contributed by atoms with Gasteiger partial charge in [-0.05, 0) is 40.2 Å². The number of methoxy groups -OCH3 is 1. The van der Waals surface area contributed by atoms with Crippen molar-refractivity contribution >= 4 is 21.9 Å². The van der Waals surface area contributed by atoms with Crippen molar-refractivity contribution in [1.29, 1.82) is 0 Å². The maximum absolute atomic E-state index is 13.1. The van der Waals surface area contributed by atoms with Gasteiger partial charge in [0.25, 0.3) is 0 Å². The number of nitrogens with zero attached hydrogens (tertiary/aromatic N) is 1. The Balaban J connectivity index is 2.56. The molecule has 0 N–H and O–H groups in total. The molecule has 0 amide bonds. The minimum absolute atomic E-state index is 0.214. The van der Waals surface area contributed by atoms with E-state index < -0.39 is 0 Å². The summed E-state index contributed by atoms with van der Waals surface area (Å²) in [7, 11) is 1.38. The van der Waals surface area contributed by atoms with E-state index in [4.69, 9.17) is 0 Å². The molecule has 100 valence electrons. The van der Waals surface area contributed by atoms with Crippen LogP contribution in [-0.2, 0) is 16.1 Å². The van der Waals surface area contributed by atoms with Crippen molar-refractivity contribution in [2.75, 3.05) is 20.2 Å². The van der Waals surface area contributed by atoms with Crippen LogP contribution in [0, 0.1) is 5.82 Å². The molecule has 0 radical (unpaired) electrons. The molecule has 0 fully saturated rings. The van der Waals surface area contributed by atoms with Crippen LogP contribution in [0.5, 0.6) is 0 Å². The average molecular weight is 318 g/mol. The highest BCUT2D eigenvalue weighted by molar-refractivity contribution is 9.10. The summed E-state index contributed by atoms with van der Waals surface area (Å²) in [5, 5.41) is 0. The molecular formula is C13H17BrFNO2. The number of carbonyl (C=O) groups is 1. The fourth-order valence-electron chi connectivity index (χ4n) is 1.60. The lowest BCUT2D eigenvalue weighted by molar-refractivity contribution is -0.141. The van der Waals surface area contributed by atoms with Gasteiger partial charge in [0, 0.05) is 13.1 Å². The zero-order chi connectivity index (χ0) is 13.5. The minimum atomic E-state index is -0.267. The van der Waals surface area contributed by atoms with Crippen molar-refractivity contribution in [3.8, 4) is 0 Å². The van der Waals surface area contributed by atoms with E-state index in [2.05, 4.69) is 25.6 Å². The molecule has 5 heteroatoms. The molecular weight excluding hydrogens is 301 g/mol. The quantitative estimate of drug-likeness (QED) is 0.755. The van der Waals surface area contributed by atoms with Crippen LogP contribution in [0.25, 0.3) is 0 Å². The Bertz CT molecular complexity index is 412. The topological polar surface area (TPSA) is 29.5 Å². The van der Waals surface area contributed by atoms with Gasteiger partial charge in [0.1, 0.15) is 5.82 Å². The van der Waals surface area contributed by atoms with Crippen LogP contribution in [0.1, 0.15) is 18.9 Å². The number of carbonyl (C=O) groups excluding carboxylic acids is 1. The number of rotatable bonds is 6. The summed E-state index contributed by atoms with van der Waals surface area (Å²) in [6.45, 7) is 4.17.